The average Bonchev–Trinajstić information content (AvgIpc) is 3.06. The molecule has 1 unspecified atom stereocenters. The molecular weight excluding hydrogens is 262 g/mol. The molecule has 0 aliphatic carbocycles. The van der Waals surface area contributed by atoms with Crippen LogP contribution >= 0.6 is 22.9 Å². The van der Waals surface area contributed by atoms with Crippen molar-refractivity contribution in [2.45, 2.75) is 18.2 Å². The van der Waals surface area contributed by atoms with E-state index in [4.69, 9.17) is 11.6 Å². The van der Waals surface area contributed by atoms with Crippen LogP contribution in [0.5, 0.6) is 0 Å². The molecule has 0 N–H and O–H groups in total. The van der Waals surface area contributed by atoms with Crippen LogP contribution in [0.3, 0.4) is 0 Å². The van der Waals surface area contributed by atoms with Crippen molar-refractivity contribution in [2.24, 2.45) is 0 Å². The minimum absolute atomic E-state index is 0.151. The second-order valence-electron chi connectivity index (χ2n) is 4.64. The van der Waals surface area contributed by atoms with E-state index < -0.39 is 0 Å². The summed E-state index contributed by atoms with van der Waals surface area (Å²) in [5.41, 5.74) is 2.87. The maximum atomic E-state index is 6.44. The SMILES string of the molecule is ClC(CCN1CCc2ccccc21)c1cccs1. The molecule has 94 valence electrons. The van der Waals surface area contributed by atoms with E-state index in [1.165, 1.54) is 22.5 Å². The molecule has 3 heteroatoms. The Bertz CT molecular complexity index is 509. The zero-order valence-electron chi connectivity index (χ0n) is 10.2. The van der Waals surface area contributed by atoms with Gasteiger partial charge in [0.15, 0.2) is 0 Å². The van der Waals surface area contributed by atoms with Crippen LogP contribution in [0, 0.1) is 0 Å². The van der Waals surface area contributed by atoms with Crippen LogP contribution in [-0.2, 0) is 6.42 Å². The van der Waals surface area contributed by atoms with Crippen molar-refractivity contribution >= 4 is 28.6 Å². The molecule has 1 aromatic heterocycles. The smallest absolute Gasteiger partial charge is 0.0695 e. The van der Waals surface area contributed by atoms with Crippen LogP contribution < -0.4 is 4.90 Å². The number of rotatable bonds is 4. The Kier molecular flexibility index (Phi) is 3.57. The normalized spacial score (nSPS) is 15.7. The first-order valence-corrected chi connectivity index (χ1v) is 7.66. The highest BCUT2D eigenvalue weighted by Gasteiger charge is 2.19. The van der Waals surface area contributed by atoms with E-state index >= 15 is 0 Å². The molecule has 0 spiro atoms. The first-order valence-electron chi connectivity index (χ1n) is 6.35. The number of benzene rings is 1. The molecule has 18 heavy (non-hydrogen) atoms. The maximum Gasteiger partial charge on any atom is 0.0695 e. The molecule has 1 aliphatic heterocycles. The topological polar surface area (TPSA) is 3.24 Å². The van der Waals surface area contributed by atoms with Crippen LogP contribution in [0.25, 0.3) is 0 Å². The first-order chi connectivity index (χ1) is 8.84. The molecule has 1 atom stereocenters. The quantitative estimate of drug-likeness (QED) is 0.745. The molecule has 1 nitrogen and oxygen atoms in total. The number of anilines is 1. The lowest BCUT2D eigenvalue weighted by atomic mass is 10.2. The van der Waals surface area contributed by atoms with Gasteiger partial charge in [0.1, 0.15) is 0 Å². The van der Waals surface area contributed by atoms with Gasteiger partial charge in [-0.25, -0.2) is 0 Å². The van der Waals surface area contributed by atoms with Gasteiger partial charge < -0.3 is 4.90 Å². The van der Waals surface area contributed by atoms with E-state index in [-0.39, 0.29) is 5.38 Å². The predicted molar refractivity (Wildman–Crippen MR) is 79.9 cm³/mol. The van der Waals surface area contributed by atoms with E-state index in [2.05, 4.69) is 46.7 Å². The summed E-state index contributed by atoms with van der Waals surface area (Å²) < 4.78 is 0. The van der Waals surface area contributed by atoms with Gasteiger partial charge in [-0.1, -0.05) is 24.3 Å². The lowest BCUT2D eigenvalue weighted by molar-refractivity contribution is 0.741. The minimum atomic E-state index is 0.151. The Morgan fingerprint density at radius 3 is 2.94 bits per heavy atom. The van der Waals surface area contributed by atoms with Crippen LogP contribution in [0.4, 0.5) is 5.69 Å². The standard InChI is InChI=1S/C15H16ClNS/c16-13(15-6-3-11-18-15)8-10-17-9-7-12-4-1-2-5-14(12)17/h1-6,11,13H,7-10H2. The van der Waals surface area contributed by atoms with Crippen molar-refractivity contribution in [3.8, 4) is 0 Å². The third-order valence-electron chi connectivity index (χ3n) is 3.49. The molecule has 1 aliphatic rings. The largest absolute Gasteiger partial charge is 0.371 e. The predicted octanol–water partition coefficient (Wildman–Crippen LogP) is 4.48. The summed E-state index contributed by atoms with van der Waals surface area (Å²) in [7, 11) is 0. The molecule has 1 aromatic carbocycles. The van der Waals surface area contributed by atoms with Gasteiger partial charge >= 0.3 is 0 Å². The van der Waals surface area contributed by atoms with Gasteiger partial charge in [-0.2, -0.15) is 0 Å². The maximum absolute atomic E-state index is 6.44. The average molecular weight is 278 g/mol. The summed E-state index contributed by atoms with van der Waals surface area (Å²) >= 11 is 8.19. The number of hydrogen-bond acceptors (Lipinski definition) is 2. The molecule has 0 amide bonds. The summed E-state index contributed by atoms with van der Waals surface area (Å²) in [4.78, 5) is 3.74. The fraction of sp³-hybridized carbons (Fsp3) is 0.333. The van der Waals surface area contributed by atoms with Crippen molar-refractivity contribution in [3.05, 3.63) is 52.2 Å². The van der Waals surface area contributed by atoms with Crippen LogP contribution in [0.15, 0.2) is 41.8 Å². The fourth-order valence-electron chi connectivity index (χ4n) is 2.52. The lowest BCUT2D eigenvalue weighted by Crippen LogP contribution is -2.22. The van der Waals surface area contributed by atoms with Crippen molar-refractivity contribution in [2.75, 3.05) is 18.0 Å². The molecule has 0 saturated carbocycles. The zero-order chi connectivity index (χ0) is 12.4. The van der Waals surface area contributed by atoms with E-state index in [9.17, 15) is 0 Å². The summed E-state index contributed by atoms with van der Waals surface area (Å²) in [6, 6.07) is 12.9. The third-order valence-corrected chi connectivity index (χ3v) is 5.06. The van der Waals surface area contributed by atoms with Crippen molar-refractivity contribution < 1.29 is 0 Å². The summed E-state index contributed by atoms with van der Waals surface area (Å²) in [6.45, 7) is 2.18. The van der Waals surface area contributed by atoms with Crippen molar-refractivity contribution in [1.29, 1.82) is 0 Å². The minimum Gasteiger partial charge on any atom is -0.371 e. The molecule has 0 bridgehead atoms. The summed E-state index contributed by atoms with van der Waals surface area (Å²) in [5, 5.41) is 2.24. The summed E-state index contributed by atoms with van der Waals surface area (Å²) in [6.07, 6.45) is 2.18. The van der Waals surface area contributed by atoms with Gasteiger partial charge in [0.2, 0.25) is 0 Å². The molecule has 0 saturated heterocycles. The first kappa shape index (κ1) is 12.1. The van der Waals surface area contributed by atoms with Gasteiger partial charge in [-0.15, -0.1) is 22.9 Å². The Labute approximate surface area is 117 Å². The van der Waals surface area contributed by atoms with E-state index in [1.54, 1.807) is 11.3 Å². The van der Waals surface area contributed by atoms with Crippen LogP contribution in [0.2, 0.25) is 0 Å². The Morgan fingerprint density at radius 1 is 1.22 bits per heavy atom. The highest BCUT2D eigenvalue weighted by atomic mass is 35.5. The molecule has 3 rings (SSSR count). The van der Waals surface area contributed by atoms with Gasteiger partial charge in [-0.3, -0.25) is 0 Å². The highest BCUT2D eigenvalue weighted by molar-refractivity contribution is 7.10. The number of fused-ring (bicyclic) bond motifs is 1. The van der Waals surface area contributed by atoms with Crippen molar-refractivity contribution in [3.63, 3.8) is 0 Å². The number of hydrogen-bond donors (Lipinski definition) is 0. The highest BCUT2D eigenvalue weighted by Crippen LogP contribution is 2.31. The third kappa shape index (κ3) is 2.40. The number of para-hydroxylation sites is 1. The monoisotopic (exact) mass is 277 g/mol. The Hall–Kier alpha value is -0.990. The Balaban J connectivity index is 1.62. The molecule has 2 aromatic rings. The summed E-state index contributed by atoms with van der Waals surface area (Å²) in [5.74, 6) is 0. The number of thiophene rings is 1. The molecule has 2 heterocycles. The van der Waals surface area contributed by atoms with Gasteiger partial charge in [0.25, 0.3) is 0 Å². The fourth-order valence-corrected chi connectivity index (χ4v) is 3.58. The van der Waals surface area contributed by atoms with Gasteiger partial charge in [0.05, 0.1) is 5.38 Å². The molecule has 0 fully saturated rings. The number of alkyl halides is 1. The van der Waals surface area contributed by atoms with E-state index in [0.29, 0.717) is 0 Å². The second-order valence-corrected chi connectivity index (χ2v) is 6.14. The number of nitrogens with zero attached hydrogens (tertiary/aromatic N) is 1. The zero-order valence-corrected chi connectivity index (χ0v) is 11.8. The van der Waals surface area contributed by atoms with Gasteiger partial charge in [-0.05, 0) is 35.9 Å². The molecular formula is C15H16ClNS. The van der Waals surface area contributed by atoms with E-state index in [1.807, 2.05) is 0 Å². The van der Waals surface area contributed by atoms with Crippen LogP contribution in [0.1, 0.15) is 22.2 Å². The van der Waals surface area contributed by atoms with E-state index in [0.717, 1.165) is 19.5 Å². The molecule has 0 radical (unpaired) electrons. The van der Waals surface area contributed by atoms with Crippen molar-refractivity contribution in [1.82, 2.24) is 0 Å². The van der Waals surface area contributed by atoms with Crippen LogP contribution in [-0.4, -0.2) is 13.1 Å². The second kappa shape index (κ2) is 5.33. The van der Waals surface area contributed by atoms with Gasteiger partial charge in [0, 0.05) is 23.7 Å². The lowest BCUT2D eigenvalue weighted by Gasteiger charge is -2.20. The Morgan fingerprint density at radius 2 is 2.11 bits per heavy atom. The number of halogens is 1.